The van der Waals surface area contributed by atoms with Gasteiger partial charge in [0.2, 0.25) is 18.6 Å². The zero-order valence-electron chi connectivity index (χ0n) is 15.8. The summed E-state index contributed by atoms with van der Waals surface area (Å²) in [4.78, 5) is 12.8. The zero-order valence-corrected chi connectivity index (χ0v) is 19.0. The van der Waals surface area contributed by atoms with Crippen LogP contribution in [-0.2, 0) is 0 Å². The average Bonchev–Trinajstić information content (AvgIpc) is 3.43. The van der Waals surface area contributed by atoms with E-state index >= 15 is 0 Å². The molecule has 3 aromatic heterocycles. The lowest BCUT2D eigenvalue weighted by Gasteiger charge is -2.08. The van der Waals surface area contributed by atoms with Crippen molar-refractivity contribution in [2.75, 3.05) is 6.79 Å². The first-order valence-corrected chi connectivity index (χ1v) is 11.8. The first-order chi connectivity index (χ1) is 14.4. The molecule has 4 heterocycles. The van der Waals surface area contributed by atoms with Crippen LogP contribution in [0.25, 0.3) is 31.8 Å². The molecule has 0 amide bonds. The average molecular weight is 478 g/mol. The van der Waals surface area contributed by atoms with Gasteiger partial charge < -0.3 is 24.7 Å². The number of rotatable bonds is 4. The van der Waals surface area contributed by atoms with Crippen LogP contribution >= 0.6 is 46.2 Å². The second-order valence-corrected chi connectivity index (χ2v) is 10.6. The number of H-pyrrole nitrogens is 1. The van der Waals surface area contributed by atoms with Gasteiger partial charge in [-0.2, -0.15) is 0 Å². The highest BCUT2D eigenvalue weighted by Gasteiger charge is 2.22. The number of nitrogens with one attached hydrogen (secondary N) is 1. The van der Waals surface area contributed by atoms with Crippen molar-refractivity contribution in [3.8, 4) is 33.1 Å². The van der Waals surface area contributed by atoms with E-state index in [9.17, 15) is 10.2 Å². The van der Waals surface area contributed by atoms with E-state index in [1.807, 2.05) is 32.1 Å². The molecule has 5 rings (SSSR count). The van der Waals surface area contributed by atoms with Gasteiger partial charge in [-0.25, -0.2) is 9.97 Å². The van der Waals surface area contributed by atoms with Gasteiger partial charge in [-0.05, 0) is 29.8 Å². The maximum Gasteiger partial charge on any atom is 0.231 e. The lowest BCUT2D eigenvalue weighted by Crippen LogP contribution is -1.92. The minimum atomic E-state index is -0.0736. The van der Waals surface area contributed by atoms with Crippen LogP contribution in [0.15, 0.2) is 12.1 Å². The summed E-state index contributed by atoms with van der Waals surface area (Å²) in [6, 6.07) is 3.82. The monoisotopic (exact) mass is 477 g/mol. The first kappa shape index (κ1) is 19.5. The Bertz CT molecular complexity index is 1320. The van der Waals surface area contributed by atoms with E-state index in [2.05, 4.69) is 9.97 Å². The SMILES string of the molecule is CC(C)C(=Cc1nc2cc3c(cc2s1)OCO3)c1sc(-c2sc(=S)[nH]c2O)nc1O. The maximum absolute atomic E-state index is 10.5. The fraction of sp³-hybridized carbons (Fsp3) is 0.211. The van der Waals surface area contributed by atoms with Crippen molar-refractivity contribution in [2.24, 2.45) is 5.92 Å². The van der Waals surface area contributed by atoms with Crippen molar-refractivity contribution in [3.05, 3.63) is 26.0 Å². The van der Waals surface area contributed by atoms with Gasteiger partial charge in [0.15, 0.2) is 15.5 Å². The van der Waals surface area contributed by atoms with Crippen molar-refractivity contribution < 1.29 is 19.7 Å². The third kappa shape index (κ3) is 3.37. The van der Waals surface area contributed by atoms with Crippen LogP contribution in [0.3, 0.4) is 0 Å². The number of allylic oxidation sites excluding steroid dienone is 1. The number of aromatic nitrogens is 3. The van der Waals surface area contributed by atoms with Crippen molar-refractivity contribution in [1.29, 1.82) is 0 Å². The summed E-state index contributed by atoms with van der Waals surface area (Å²) in [6.45, 7) is 4.33. The van der Waals surface area contributed by atoms with Crippen LogP contribution in [0.1, 0.15) is 23.7 Å². The van der Waals surface area contributed by atoms with E-state index in [0.29, 0.717) is 24.5 Å². The molecule has 3 N–H and O–H groups in total. The summed E-state index contributed by atoms with van der Waals surface area (Å²) < 4.78 is 12.3. The maximum atomic E-state index is 10.5. The van der Waals surface area contributed by atoms with Crippen LogP contribution in [0.2, 0.25) is 0 Å². The largest absolute Gasteiger partial charge is 0.493 e. The molecule has 0 saturated carbocycles. The molecule has 7 nitrogen and oxygen atoms in total. The lowest BCUT2D eigenvalue weighted by molar-refractivity contribution is 0.174. The molecule has 1 aliphatic heterocycles. The van der Waals surface area contributed by atoms with Crippen molar-refractivity contribution in [1.82, 2.24) is 15.0 Å². The summed E-state index contributed by atoms with van der Waals surface area (Å²) in [7, 11) is 0. The Hall–Kier alpha value is -2.47. The van der Waals surface area contributed by atoms with E-state index in [4.69, 9.17) is 26.7 Å². The van der Waals surface area contributed by atoms with E-state index in [1.54, 1.807) is 11.3 Å². The number of benzene rings is 1. The number of aromatic hydroxyl groups is 2. The number of fused-ring (bicyclic) bond motifs is 2. The van der Waals surface area contributed by atoms with E-state index in [0.717, 1.165) is 26.5 Å². The molecule has 0 aliphatic carbocycles. The fourth-order valence-electron chi connectivity index (χ4n) is 3.09. The first-order valence-electron chi connectivity index (χ1n) is 8.93. The molecular weight excluding hydrogens is 462 g/mol. The summed E-state index contributed by atoms with van der Waals surface area (Å²) in [5.41, 5.74) is 1.75. The topological polar surface area (TPSA) is 100 Å². The normalized spacial score (nSPS) is 13.6. The summed E-state index contributed by atoms with van der Waals surface area (Å²) >= 11 is 9.16. The molecule has 0 atom stereocenters. The van der Waals surface area contributed by atoms with Gasteiger partial charge in [-0.1, -0.05) is 25.2 Å². The third-order valence-electron chi connectivity index (χ3n) is 4.50. The molecule has 0 saturated heterocycles. The van der Waals surface area contributed by atoms with Gasteiger partial charge in [-0.15, -0.1) is 22.7 Å². The molecule has 30 heavy (non-hydrogen) atoms. The van der Waals surface area contributed by atoms with E-state index < -0.39 is 0 Å². The Morgan fingerprint density at radius 3 is 2.63 bits per heavy atom. The third-order valence-corrected chi connectivity index (χ3v) is 7.93. The van der Waals surface area contributed by atoms with Crippen LogP contribution in [0, 0.1) is 9.87 Å². The smallest absolute Gasteiger partial charge is 0.231 e. The Morgan fingerprint density at radius 2 is 1.93 bits per heavy atom. The highest BCUT2D eigenvalue weighted by atomic mass is 32.1. The zero-order chi connectivity index (χ0) is 21.0. The minimum Gasteiger partial charge on any atom is -0.493 e. The summed E-state index contributed by atoms with van der Waals surface area (Å²) in [6.07, 6.45) is 1.97. The standard InChI is InChI=1S/C19H15N3O4S4/c1-7(2)8(14-16(23)21-18(29-14)15-17(24)22-19(27)30-15)3-13-20-9-4-10-11(26-6-25-10)5-12(9)28-13/h3-5,7,23-24H,6H2,1-2H3,(H,22,27). The van der Waals surface area contributed by atoms with Crippen LogP contribution in [-0.4, -0.2) is 32.0 Å². The Kier molecular flexibility index (Phi) is 4.77. The van der Waals surface area contributed by atoms with Gasteiger partial charge in [0, 0.05) is 12.1 Å². The van der Waals surface area contributed by atoms with Gasteiger partial charge in [-0.3, -0.25) is 0 Å². The number of ether oxygens (including phenoxy) is 2. The molecule has 11 heteroatoms. The number of aromatic amines is 1. The predicted octanol–water partition coefficient (Wildman–Crippen LogP) is 5.88. The van der Waals surface area contributed by atoms with Crippen molar-refractivity contribution in [2.45, 2.75) is 13.8 Å². The molecule has 0 unspecified atom stereocenters. The molecule has 154 valence electrons. The Balaban J connectivity index is 1.58. The van der Waals surface area contributed by atoms with E-state index in [-0.39, 0.29) is 24.5 Å². The van der Waals surface area contributed by atoms with Crippen LogP contribution in [0.5, 0.6) is 23.3 Å². The Morgan fingerprint density at radius 1 is 1.17 bits per heavy atom. The molecule has 1 aromatic carbocycles. The molecule has 0 radical (unpaired) electrons. The number of hydrogen-bond donors (Lipinski definition) is 3. The molecular formula is C19H15N3O4S4. The second-order valence-electron chi connectivity index (χ2n) is 6.84. The minimum absolute atomic E-state index is 0.0379. The Labute approximate surface area is 187 Å². The summed E-state index contributed by atoms with van der Waals surface area (Å²) in [5.74, 6) is 1.43. The highest BCUT2D eigenvalue weighted by Crippen LogP contribution is 2.44. The molecule has 0 fully saturated rings. The van der Waals surface area contributed by atoms with Crippen molar-refractivity contribution in [3.63, 3.8) is 0 Å². The molecule has 1 aliphatic rings. The van der Waals surface area contributed by atoms with Gasteiger partial charge in [0.1, 0.15) is 14.9 Å². The highest BCUT2D eigenvalue weighted by molar-refractivity contribution is 7.73. The van der Waals surface area contributed by atoms with Crippen LogP contribution < -0.4 is 9.47 Å². The molecule has 4 aromatic rings. The fourth-order valence-corrected chi connectivity index (χ4v) is 6.29. The molecule has 0 bridgehead atoms. The van der Waals surface area contributed by atoms with Crippen molar-refractivity contribution >= 4 is 68.1 Å². The van der Waals surface area contributed by atoms with Gasteiger partial charge in [0.05, 0.1) is 15.1 Å². The second kappa shape index (κ2) is 7.34. The lowest BCUT2D eigenvalue weighted by atomic mass is 10.0. The van der Waals surface area contributed by atoms with Gasteiger partial charge >= 0.3 is 0 Å². The van der Waals surface area contributed by atoms with Gasteiger partial charge in [0.25, 0.3) is 0 Å². The predicted molar refractivity (Wildman–Crippen MR) is 122 cm³/mol. The number of nitrogens with zero attached hydrogens (tertiary/aromatic N) is 2. The van der Waals surface area contributed by atoms with Crippen LogP contribution in [0.4, 0.5) is 0 Å². The molecule has 0 spiro atoms. The quantitative estimate of drug-likeness (QED) is 0.316. The number of hydrogen-bond acceptors (Lipinski definition) is 10. The number of thiazole rings is 3. The summed E-state index contributed by atoms with van der Waals surface area (Å²) in [5, 5.41) is 21.9. The van der Waals surface area contributed by atoms with E-state index in [1.165, 1.54) is 22.7 Å².